The summed E-state index contributed by atoms with van der Waals surface area (Å²) in [6.07, 6.45) is 25.7. The van der Waals surface area contributed by atoms with Crippen molar-refractivity contribution in [2.45, 2.75) is 149 Å². The van der Waals surface area contributed by atoms with Crippen LogP contribution in [0.5, 0.6) is 0 Å². The van der Waals surface area contributed by atoms with Crippen LogP contribution in [-0.4, -0.2) is 38.5 Å². The predicted molar refractivity (Wildman–Crippen MR) is 191 cm³/mol. The fraction of sp³-hybridized carbons (Fsp3) is 0.714. The third-order valence-corrected chi connectivity index (χ3v) is 10.6. The van der Waals surface area contributed by atoms with Gasteiger partial charge >= 0.3 is 0 Å². The summed E-state index contributed by atoms with van der Waals surface area (Å²) >= 11 is 0. The molecule has 2 aliphatic carbocycles. The molecule has 262 valence electrons. The van der Waals surface area contributed by atoms with Crippen LogP contribution in [0.1, 0.15) is 129 Å². The molecular weight excluding hydrogens is 584 g/mol. The lowest BCUT2D eigenvalue weighted by atomic mass is 9.86. The molecule has 7 atom stereocenters. The van der Waals surface area contributed by atoms with E-state index in [-0.39, 0.29) is 24.6 Å². The topological polar surface area (TPSA) is 46.2 Å². The number of fused-ring (bicyclic) bond motifs is 1. The molecule has 0 bridgehead atoms. The highest BCUT2D eigenvalue weighted by Gasteiger charge is 2.49. The van der Waals surface area contributed by atoms with Crippen molar-refractivity contribution in [1.82, 2.24) is 0 Å². The first-order valence-corrected chi connectivity index (χ1v) is 19.2. The molecule has 1 saturated carbocycles. The summed E-state index contributed by atoms with van der Waals surface area (Å²) in [7, 11) is 0. The van der Waals surface area contributed by atoms with Gasteiger partial charge in [-0.3, -0.25) is 0 Å². The summed E-state index contributed by atoms with van der Waals surface area (Å²) < 4.78 is 31.9. The molecule has 0 amide bonds. The Labute approximate surface area is 286 Å². The van der Waals surface area contributed by atoms with Crippen LogP contribution < -0.4 is 0 Å². The lowest BCUT2D eigenvalue weighted by molar-refractivity contribution is -0.200. The smallest absolute Gasteiger partial charge is 0.199 e. The summed E-state index contributed by atoms with van der Waals surface area (Å²) in [6.45, 7) is 9.96. The molecule has 0 spiro atoms. The minimum Gasteiger partial charge on any atom is -0.469 e. The van der Waals surface area contributed by atoms with Gasteiger partial charge in [0.15, 0.2) is 12.6 Å². The molecule has 3 unspecified atom stereocenters. The Balaban J connectivity index is 1.19. The molecule has 5 nitrogen and oxygen atoms in total. The largest absolute Gasteiger partial charge is 0.469 e. The lowest BCUT2D eigenvalue weighted by Gasteiger charge is -2.34. The zero-order valence-electron chi connectivity index (χ0n) is 29.8. The van der Waals surface area contributed by atoms with Crippen LogP contribution >= 0.6 is 0 Å². The first-order chi connectivity index (χ1) is 23.0. The Bertz CT molecular complexity index is 1110. The van der Waals surface area contributed by atoms with E-state index < -0.39 is 0 Å². The number of unbranched alkanes of at least 4 members (excludes halogenated alkanes) is 3. The number of rotatable bonds is 19. The zero-order valence-corrected chi connectivity index (χ0v) is 29.8. The summed E-state index contributed by atoms with van der Waals surface area (Å²) in [4.78, 5) is 0. The quantitative estimate of drug-likeness (QED) is 0.0848. The molecule has 3 fully saturated rings. The first kappa shape index (κ1) is 36.4. The molecule has 2 saturated heterocycles. The number of allylic oxidation sites excluding steroid dienone is 5. The molecular formula is C42H64O5. The molecule has 5 rings (SSSR count). The highest BCUT2D eigenvalue weighted by molar-refractivity contribution is 5.23. The van der Waals surface area contributed by atoms with Crippen LogP contribution in [0.25, 0.3) is 0 Å². The first-order valence-electron chi connectivity index (χ1n) is 19.2. The molecule has 5 heteroatoms. The molecule has 2 aliphatic heterocycles. The summed E-state index contributed by atoms with van der Waals surface area (Å²) in [5, 5.41) is 0. The normalized spacial score (nSPS) is 28.5. The van der Waals surface area contributed by atoms with Gasteiger partial charge in [-0.1, -0.05) is 73.4 Å². The highest BCUT2D eigenvalue weighted by Crippen LogP contribution is 2.52. The van der Waals surface area contributed by atoms with Gasteiger partial charge in [0.05, 0.1) is 19.3 Å². The van der Waals surface area contributed by atoms with Crippen molar-refractivity contribution in [2.24, 2.45) is 23.7 Å². The Morgan fingerprint density at radius 2 is 1.70 bits per heavy atom. The van der Waals surface area contributed by atoms with Gasteiger partial charge in [-0.25, -0.2) is 0 Å². The summed E-state index contributed by atoms with van der Waals surface area (Å²) in [5.74, 6) is 3.12. The van der Waals surface area contributed by atoms with Crippen molar-refractivity contribution in [3.8, 4) is 0 Å². The van der Waals surface area contributed by atoms with E-state index in [0.29, 0.717) is 24.4 Å². The molecule has 2 heterocycles. The maximum absolute atomic E-state index is 6.89. The second kappa shape index (κ2) is 19.9. The van der Waals surface area contributed by atoms with Gasteiger partial charge in [0, 0.05) is 25.6 Å². The van der Waals surface area contributed by atoms with Crippen molar-refractivity contribution in [3.63, 3.8) is 0 Å². The molecule has 1 aromatic carbocycles. The fourth-order valence-corrected chi connectivity index (χ4v) is 8.02. The van der Waals surface area contributed by atoms with Crippen LogP contribution in [0.4, 0.5) is 0 Å². The summed E-state index contributed by atoms with van der Waals surface area (Å²) in [5.41, 5.74) is 4.31. The highest BCUT2D eigenvalue weighted by atomic mass is 16.7. The molecule has 1 aromatic rings. The van der Waals surface area contributed by atoms with Crippen molar-refractivity contribution in [2.75, 3.05) is 19.8 Å². The van der Waals surface area contributed by atoms with Crippen molar-refractivity contribution >= 4 is 0 Å². The second-order valence-electron chi connectivity index (χ2n) is 15.0. The van der Waals surface area contributed by atoms with Crippen LogP contribution in [0.2, 0.25) is 0 Å². The molecule has 0 N–H and O–H groups in total. The van der Waals surface area contributed by atoms with Gasteiger partial charge in [-0.2, -0.15) is 0 Å². The number of hydrogen-bond donors (Lipinski definition) is 0. The Hall–Kier alpha value is -1.92. The van der Waals surface area contributed by atoms with Crippen LogP contribution in [0.3, 0.4) is 0 Å². The van der Waals surface area contributed by atoms with E-state index in [1.807, 2.05) is 0 Å². The van der Waals surface area contributed by atoms with E-state index in [9.17, 15) is 0 Å². The van der Waals surface area contributed by atoms with Gasteiger partial charge < -0.3 is 23.7 Å². The Morgan fingerprint density at radius 1 is 0.915 bits per heavy atom. The zero-order chi connectivity index (χ0) is 32.7. The van der Waals surface area contributed by atoms with Crippen molar-refractivity contribution in [1.29, 1.82) is 0 Å². The van der Waals surface area contributed by atoms with Crippen LogP contribution in [-0.2, 0) is 30.3 Å². The number of hydrogen-bond acceptors (Lipinski definition) is 5. The Morgan fingerprint density at radius 3 is 2.45 bits per heavy atom. The van der Waals surface area contributed by atoms with Crippen molar-refractivity contribution in [3.05, 3.63) is 71.0 Å². The average Bonchev–Trinajstić information content (AvgIpc) is 3.63. The maximum Gasteiger partial charge on any atom is 0.199 e. The molecule has 4 aliphatic rings. The minimum absolute atomic E-state index is 0.0798. The summed E-state index contributed by atoms with van der Waals surface area (Å²) in [6, 6.07) is 10.5. The van der Waals surface area contributed by atoms with E-state index in [1.54, 1.807) is 5.57 Å². The van der Waals surface area contributed by atoms with E-state index in [4.69, 9.17) is 23.7 Å². The Kier molecular flexibility index (Phi) is 15.4. The second-order valence-corrected chi connectivity index (χ2v) is 15.0. The van der Waals surface area contributed by atoms with E-state index in [0.717, 1.165) is 76.9 Å². The van der Waals surface area contributed by atoms with Crippen LogP contribution in [0.15, 0.2) is 65.5 Å². The van der Waals surface area contributed by atoms with Gasteiger partial charge in [-0.15, -0.1) is 0 Å². The van der Waals surface area contributed by atoms with Gasteiger partial charge in [-0.05, 0) is 127 Å². The number of ether oxygens (including phenoxy) is 5. The maximum atomic E-state index is 6.89. The predicted octanol–water partition coefficient (Wildman–Crippen LogP) is 10.8. The third kappa shape index (κ3) is 12.2. The third-order valence-electron chi connectivity index (χ3n) is 10.6. The number of benzene rings is 1. The van der Waals surface area contributed by atoms with Gasteiger partial charge in [0.2, 0.25) is 0 Å². The monoisotopic (exact) mass is 648 g/mol. The minimum atomic E-state index is -0.133. The average molecular weight is 649 g/mol. The molecule has 0 aromatic heterocycles. The van der Waals surface area contributed by atoms with Crippen molar-refractivity contribution < 1.29 is 23.7 Å². The fourth-order valence-electron chi connectivity index (χ4n) is 8.02. The SMILES string of the molecule is CC(C)=CCCCC(C)CC=C(OC1CCCCO1)[C@H]1[C@@H]2CC(CCCCCOCc3ccccc3)=C[C@@H]2C[C@@H]1OC1CCCCO1. The standard InChI is InChI=1S/C42H64O5/c1-32(2)16-9-10-17-33(3)23-24-38(46-40-21-11-14-26-44-40)42-37-29-35(20-8-5-13-25-43-31-34-18-6-4-7-19-34)28-36(37)30-39(42)47-41-22-12-15-27-45-41/h4,6-7,16,18-19,24,28,33,36-37,39-42H,5,8-15,17,20-23,25-27,29-31H2,1-3H3/t33?,36-,37-,39+,40?,41?,42-/m1/s1. The van der Waals surface area contributed by atoms with E-state index >= 15 is 0 Å². The van der Waals surface area contributed by atoms with Gasteiger partial charge in [0.25, 0.3) is 0 Å². The van der Waals surface area contributed by atoms with Gasteiger partial charge in [0.1, 0.15) is 5.76 Å². The molecule has 47 heavy (non-hydrogen) atoms. The van der Waals surface area contributed by atoms with E-state index in [1.165, 1.54) is 62.5 Å². The molecule has 0 radical (unpaired) electrons. The van der Waals surface area contributed by atoms with E-state index in [2.05, 4.69) is 69.3 Å². The van der Waals surface area contributed by atoms with Crippen LogP contribution in [0, 0.1) is 23.7 Å². The lowest BCUT2D eigenvalue weighted by Crippen LogP contribution is -2.34.